The molecule has 3 aliphatic rings. The first kappa shape index (κ1) is 10.6. The molecule has 4 rings (SSSR count). The molecule has 0 spiro atoms. The Hall–Kier alpha value is -0.530. The first-order valence-electron chi connectivity index (χ1n) is 6.27. The second-order valence-corrected chi connectivity index (χ2v) is 5.77. The van der Waals surface area contributed by atoms with Crippen LogP contribution in [0.1, 0.15) is 37.2 Å². The van der Waals surface area contributed by atoms with Gasteiger partial charge in [0.1, 0.15) is 0 Å². The van der Waals surface area contributed by atoms with E-state index in [0.29, 0.717) is 12.0 Å². The van der Waals surface area contributed by atoms with Crippen LogP contribution in [0.15, 0.2) is 24.3 Å². The lowest BCUT2D eigenvalue weighted by Gasteiger charge is -2.47. The lowest BCUT2D eigenvalue weighted by Crippen LogP contribution is -2.47. The molecule has 0 aliphatic heterocycles. The van der Waals surface area contributed by atoms with Crippen molar-refractivity contribution in [3.8, 4) is 0 Å². The van der Waals surface area contributed by atoms with Gasteiger partial charge in [0.25, 0.3) is 0 Å². The van der Waals surface area contributed by atoms with Gasteiger partial charge in [0, 0.05) is 17.0 Å². The van der Waals surface area contributed by atoms with Crippen molar-refractivity contribution >= 4 is 11.6 Å². The minimum absolute atomic E-state index is 0.369. The number of hydrogen-bond acceptors (Lipinski definition) is 1. The number of fused-ring (bicyclic) bond motifs is 3. The summed E-state index contributed by atoms with van der Waals surface area (Å²) in [6.07, 6.45) is 5.42. The molecule has 3 fully saturated rings. The SMILES string of the molecule is NC1C2CCC(CC2)C1c1ccc(Cl)cc1. The summed E-state index contributed by atoms with van der Waals surface area (Å²) in [7, 11) is 0. The largest absolute Gasteiger partial charge is 0.327 e. The molecule has 1 nitrogen and oxygen atoms in total. The normalized spacial score (nSPS) is 37.6. The van der Waals surface area contributed by atoms with Gasteiger partial charge in [-0.2, -0.15) is 0 Å². The minimum atomic E-state index is 0.369. The van der Waals surface area contributed by atoms with E-state index < -0.39 is 0 Å². The predicted octanol–water partition coefficient (Wildman–Crippen LogP) is 3.57. The van der Waals surface area contributed by atoms with Gasteiger partial charge in [0.05, 0.1) is 0 Å². The lowest BCUT2D eigenvalue weighted by atomic mass is 9.60. The summed E-state index contributed by atoms with van der Waals surface area (Å²) in [6, 6.07) is 8.67. The first-order chi connectivity index (χ1) is 7.75. The number of nitrogens with two attached hydrogens (primary N) is 1. The van der Waals surface area contributed by atoms with Gasteiger partial charge in [-0.05, 0) is 55.2 Å². The molecule has 2 bridgehead atoms. The molecule has 0 amide bonds. The van der Waals surface area contributed by atoms with Crippen molar-refractivity contribution in [2.75, 3.05) is 0 Å². The van der Waals surface area contributed by atoms with Crippen LogP contribution in [0.5, 0.6) is 0 Å². The van der Waals surface area contributed by atoms with Crippen LogP contribution in [0.4, 0.5) is 0 Å². The van der Waals surface area contributed by atoms with Gasteiger partial charge in [0.15, 0.2) is 0 Å². The van der Waals surface area contributed by atoms with Crippen molar-refractivity contribution in [2.45, 2.75) is 37.6 Å². The zero-order valence-corrected chi connectivity index (χ0v) is 10.2. The van der Waals surface area contributed by atoms with Crippen molar-refractivity contribution in [3.63, 3.8) is 0 Å². The molecule has 16 heavy (non-hydrogen) atoms. The fourth-order valence-electron chi connectivity index (χ4n) is 3.68. The number of rotatable bonds is 1. The Morgan fingerprint density at radius 3 is 2.06 bits per heavy atom. The maximum absolute atomic E-state index is 6.40. The third-order valence-corrected chi connectivity index (χ3v) is 4.79. The molecular weight excluding hydrogens is 218 g/mol. The van der Waals surface area contributed by atoms with Crippen LogP contribution < -0.4 is 5.73 Å². The second-order valence-electron chi connectivity index (χ2n) is 5.33. The lowest BCUT2D eigenvalue weighted by molar-refractivity contribution is 0.116. The maximum atomic E-state index is 6.40. The van der Waals surface area contributed by atoms with Gasteiger partial charge in [-0.25, -0.2) is 0 Å². The maximum Gasteiger partial charge on any atom is 0.0406 e. The molecule has 0 saturated heterocycles. The molecule has 2 N–H and O–H groups in total. The molecule has 1 aromatic carbocycles. The molecule has 3 saturated carbocycles. The Morgan fingerprint density at radius 2 is 1.50 bits per heavy atom. The Kier molecular flexibility index (Phi) is 2.68. The minimum Gasteiger partial charge on any atom is -0.327 e. The Labute approximate surface area is 102 Å². The van der Waals surface area contributed by atoms with Gasteiger partial charge in [-0.3, -0.25) is 0 Å². The molecule has 0 radical (unpaired) electrons. The molecular formula is C14H18ClN. The highest BCUT2D eigenvalue weighted by molar-refractivity contribution is 6.30. The fourth-order valence-corrected chi connectivity index (χ4v) is 3.80. The Morgan fingerprint density at radius 1 is 0.938 bits per heavy atom. The van der Waals surface area contributed by atoms with Crippen molar-refractivity contribution in [2.24, 2.45) is 17.6 Å². The standard InChI is InChI=1S/C14H18ClN/c15-12-7-5-10(6-8-12)13-9-1-3-11(4-2-9)14(13)16/h5-9,11,13-14H,1-4,16H2. The van der Waals surface area contributed by atoms with Crippen LogP contribution >= 0.6 is 11.6 Å². The van der Waals surface area contributed by atoms with E-state index in [1.807, 2.05) is 12.1 Å². The van der Waals surface area contributed by atoms with Crippen LogP contribution in [0.2, 0.25) is 5.02 Å². The predicted molar refractivity (Wildman–Crippen MR) is 67.6 cm³/mol. The molecule has 86 valence electrons. The van der Waals surface area contributed by atoms with Crippen LogP contribution in [0, 0.1) is 11.8 Å². The average Bonchev–Trinajstić information content (AvgIpc) is 2.32. The summed E-state index contributed by atoms with van der Waals surface area (Å²) in [5, 5.41) is 0.818. The van der Waals surface area contributed by atoms with Crippen molar-refractivity contribution < 1.29 is 0 Å². The molecule has 2 unspecified atom stereocenters. The van der Waals surface area contributed by atoms with Gasteiger partial charge in [-0.15, -0.1) is 0 Å². The van der Waals surface area contributed by atoms with Gasteiger partial charge < -0.3 is 5.73 Å². The highest BCUT2D eigenvalue weighted by Crippen LogP contribution is 2.48. The molecule has 2 atom stereocenters. The summed E-state index contributed by atoms with van der Waals surface area (Å²) in [4.78, 5) is 0. The number of benzene rings is 1. The van der Waals surface area contributed by atoms with E-state index in [-0.39, 0.29) is 0 Å². The van der Waals surface area contributed by atoms with E-state index in [1.165, 1.54) is 31.2 Å². The van der Waals surface area contributed by atoms with Crippen LogP contribution in [-0.2, 0) is 0 Å². The van der Waals surface area contributed by atoms with E-state index in [1.54, 1.807) is 0 Å². The van der Waals surface area contributed by atoms with E-state index in [4.69, 9.17) is 17.3 Å². The van der Waals surface area contributed by atoms with Crippen molar-refractivity contribution in [3.05, 3.63) is 34.9 Å². The summed E-state index contributed by atoms with van der Waals surface area (Å²) >= 11 is 5.93. The highest BCUT2D eigenvalue weighted by atomic mass is 35.5. The van der Waals surface area contributed by atoms with Crippen LogP contribution in [0.25, 0.3) is 0 Å². The number of halogens is 1. The van der Waals surface area contributed by atoms with Crippen LogP contribution in [0.3, 0.4) is 0 Å². The van der Waals surface area contributed by atoms with Gasteiger partial charge in [0.2, 0.25) is 0 Å². The molecule has 0 aromatic heterocycles. The quantitative estimate of drug-likeness (QED) is 0.791. The zero-order valence-electron chi connectivity index (χ0n) is 9.40. The van der Waals surface area contributed by atoms with Gasteiger partial charge >= 0.3 is 0 Å². The van der Waals surface area contributed by atoms with Gasteiger partial charge in [-0.1, -0.05) is 23.7 Å². The monoisotopic (exact) mass is 235 g/mol. The zero-order chi connectivity index (χ0) is 11.1. The fraction of sp³-hybridized carbons (Fsp3) is 0.571. The van der Waals surface area contributed by atoms with E-state index >= 15 is 0 Å². The smallest absolute Gasteiger partial charge is 0.0406 e. The average molecular weight is 236 g/mol. The third kappa shape index (κ3) is 1.66. The van der Waals surface area contributed by atoms with Crippen LogP contribution in [-0.4, -0.2) is 6.04 Å². The molecule has 0 heterocycles. The van der Waals surface area contributed by atoms with E-state index in [2.05, 4.69) is 12.1 Å². The molecule has 1 aromatic rings. The second kappa shape index (κ2) is 4.05. The summed E-state index contributed by atoms with van der Waals surface area (Å²) in [5.41, 5.74) is 7.80. The first-order valence-corrected chi connectivity index (χ1v) is 6.64. The van der Waals surface area contributed by atoms with E-state index in [0.717, 1.165) is 16.9 Å². The molecule has 3 aliphatic carbocycles. The highest BCUT2D eigenvalue weighted by Gasteiger charge is 2.42. The summed E-state index contributed by atoms with van der Waals surface area (Å²) in [5.74, 6) is 2.14. The summed E-state index contributed by atoms with van der Waals surface area (Å²) in [6.45, 7) is 0. The summed E-state index contributed by atoms with van der Waals surface area (Å²) < 4.78 is 0. The van der Waals surface area contributed by atoms with Crippen molar-refractivity contribution in [1.82, 2.24) is 0 Å². The third-order valence-electron chi connectivity index (χ3n) is 4.54. The Balaban J connectivity index is 1.91. The number of hydrogen-bond donors (Lipinski definition) is 1. The van der Waals surface area contributed by atoms with Crippen molar-refractivity contribution in [1.29, 1.82) is 0 Å². The topological polar surface area (TPSA) is 26.0 Å². The van der Waals surface area contributed by atoms with E-state index in [9.17, 15) is 0 Å². The Bertz CT molecular complexity index is 363. The molecule has 2 heteroatoms.